The monoisotopic (exact) mass is 329 g/mol. The van der Waals surface area contributed by atoms with E-state index in [0.29, 0.717) is 12.8 Å². The molecule has 1 heterocycles. The quantitative estimate of drug-likeness (QED) is 0.912. The topological polar surface area (TPSA) is 49.8 Å². The predicted octanol–water partition coefficient (Wildman–Crippen LogP) is 3.55. The fraction of sp³-hybridized carbons (Fsp3) is 0.316. The Kier molecular flexibility index (Phi) is 4.42. The largest absolute Gasteiger partial charge is 0.497 e. The molecule has 4 nitrogen and oxygen atoms in total. The number of alkyl halides is 1. The number of methoxy groups -OCH3 is 1. The highest BCUT2D eigenvalue weighted by Crippen LogP contribution is 2.40. The maximum atomic E-state index is 14.6. The lowest BCUT2D eigenvalue weighted by Gasteiger charge is -2.54. The van der Waals surface area contributed by atoms with Crippen molar-refractivity contribution in [2.45, 2.75) is 24.6 Å². The van der Waals surface area contributed by atoms with Crippen LogP contribution in [-0.4, -0.2) is 41.5 Å². The molecule has 0 saturated carbocycles. The van der Waals surface area contributed by atoms with Crippen LogP contribution in [0.15, 0.2) is 54.6 Å². The fourth-order valence-electron chi connectivity index (χ4n) is 3.36. The summed E-state index contributed by atoms with van der Waals surface area (Å²) in [4.78, 5) is 12.8. The van der Waals surface area contributed by atoms with Crippen LogP contribution < -0.4 is 4.74 Å². The third kappa shape index (κ3) is 2.94. The van der Waals surface area contributed by atoms with E-state index >= 15 is 0 Å². The molecule has 0 aliphatic carbocycles. The number of hydrogen-bond donors (Lipinski definition) is 1. The molecule has 2 aromatic rings. The molecule has 0 bridgehead atoms. The van der Waals surface area contributed by atoms with Crippen molar-refractivity contribution in [2.24, 2.45) is 0 Å². The van der Waals surface area contributed by atoms with Gasteiger partial charge in [0.15, 0.2) is 0 Å². The molecule has 2 aromatic carbocycles. The van der Waals surface area contributed by atoms with Crippen LogP contribution in [-0.2, 0) is 12.8 Å². The minimum absolute atomic E-state index is 0.0711. The minimum atomic E-state index is -1.18. The van der Waals surface area contributed by atoms with Gasteiger partial charge >= 0.3 is 6.09 Å². The van der Waals surface area contributed by atoms with E-state index < -0.39 is 17.8 Å². The van der Waals surface area contributed by atoms with Crippen LogP contribution in [0.25, 0.3) is 0 Å². The zero-order chi connectivity index (χ0) is 17.2. The highest BCUT2D eigenvalue weighted by atomic mass is 19.1. The molecule has 1 amide bonds. The van der Waals surface area contributed by atoms with Gasteiger partial charge in [-0.1, -0.05) is 42.5 Å². The van der Waals surface area contributed by atoms with Gasteiger partial charge in [0, 0.05) is 0 Å². The number of halogens is 1. The van der Waals surface area contributed by atoms with Crippen molar-refractivity contribution in [2.75, 3.05) is 13.7 Å². The third-order valence-electron chi connectivity index (χ3n) is 4.72. The van der Waals surface area contributed by atoms with Crippen molar-refractivity contribution in [3.8, 4) is 5.75 Å². The Morgan fingerprint density at radius 3 is 2.25 bits per heavy atom. The van der Waals surface area contributed by atoms with Crippen molar-refractivity contribution in [3.63, 3.8) is 0 Å². The van der Waals surface area contributed by atoms with E-state index in [4.69, 9.17) is 4.74 Å². The van der Waals surface area contributed by atoms with Gasteiger partial charge in [-0.05, 0) is 36.1 Å². The van der Waals surface area contributed by atoms with Gasteiger partial charge in [0.1, 0.15) is 11.9 Å². The Bertz CT molecular complexity index is 704. The molecule has 24 heavy (non-hydrogen) atoms. The molecular formula is C19H20FNO3. The number of carbonyl (C=O) groups is 1. The molecule has 1 saturated heterocycles. The highest BCUT2D eigenvalue weighted by Gasteiger charge is 2.56. The molecule has 0 spiro atoms. The standard InChI is InChI=1S/C19H20FNO3/c1-24-16-9-7-15(8-10-16)12-19(11-14-5-3-2-4-6-14)17(20)13-21(19)18(22)23/h2-10,17H,11-13H2,1H3,(H,22,23)/t17?,19-/m0/s1. The molecule has 1 unspecified atom stereocenters. The van der Waals surface area contributed by atoms with Crippen LogP contribution in [0, 0.1) is 0 Å². The van der Waals surface area contributed by atoms with Crippen LogP contribution in [0.2, 0.25) is 0 Å². The van der Waals surface area contributed by atoms with Gasteiger partial charge in [-0.15, -0.1) is 0 Å². The van der Waals surface area contributed by atoms with Gasteiger partial charge in [-0.3, -0.25) is 4.90 Å². The summed E-state index contributed by atoms with van der Waals surface area (Å²) in [6, 6.07) is 16.8. The maximum absolute atomic E-state index is 14.6. The second-order valence-corrected chi connectivity index (χ2v) is 6.15. The first kappa shape index (κ1) is 16.3. The van der Waals surface area contributed by atoms with E-state index in [1.165, 1.54) is 4.90 Å². The third-order valence-corrected chi connectivity index (χ3v) is 4.72. The summed E-state index contributed by atoms with van der Waals surface area (Å²) in [6.45, 7) is -0.0711. The number of hydrogen-bond acceptors (Lipinski definition) is 2. The minimum Gasteiger partial charge on any atom is -0.497 e. The number of likely N-dealkylation sites (tertiary alicyclic amines) is 1. The van der Waals surface area contributed by atoms with E-state index in [1.807, 2.05) is 54.6 Å². The van der Waals surface area contributed by atoms with Crippen molar-refractivity contribution >= 4 is 6.09 Å². The van der Waals surface area contributed by atoms with Crippen molar-refractivity contribution in [1.82, 2.24) is 4.90 Å². The van der Waals surface area contributed by atoms with E-state index in [0.717, 1.165) is 16.9 Å². The lowest BCUT2D eigenvalue weighted by Crippen LogP contribution is -2.72. The Morgan fingerprint density at radius 2 is 1.75 bits per heavy atom. The first-order valence-electron chi connectivity index (χ1n) is 7.86. The number of ether oxygens (including phenoxy) is 1. The van der Waals surface area contributed by atoms with Gasteiger partial charge in [-0.25, -0.2) is 9.18 Å². The number of carboxylic acid groups (broad SMARTS) is 1. The van der Waals surface area contributed by atoms with Crippen molar-refractivity contribution in [3.05, 3.63) is 65.7 Å². The summed E-state index contributed by atoms with van der Waals surface area (Å²) in [6.07, 6.45) is -1.57. The van der Waals surface area contributed by atoms with Crippen LogP contribution in [0.1, 0.15) is 11.1 Å². The summed E-state index contributed by atoms with van der Waals surface area (Å²) in [7, 11) is 1.58. The second kappa shape index (κ2) is 6.51. The van der Waals surface area contributed by atoms with Gasteiger partial charge in [-0.2, -0.15) is 0 Å². The molecule has 2 atom stereocenters. The Hall–Kier alpha value is -2.56. The van der Waals surface area contributed by atoms with Gasteiger partial charge in [0.2, 0.25) is 0 Å². The Balaban J connectivity index is 1.90. The first-order valence-corrected chi connectivity index (χ1v) is 7.86. The molecule has 1 fully saturated rings. The molecular weight excluding hydrogens is 309 g/mol. The van der Waals surface area contributed by atoms with E-state index in [2.05, 4.69) is 0 Å². The first-order chi connectivity index (χ1) is 11.5. The molecule has 126 valence electrons. The molecule has 3 rings (SSSR count). The van der Waals surface area contributed by atoms with Crippen LogP contribution in [0.5, 0.6) is 5.75 Å². The number of amides is 1. The maximum Gasteiger partial charge on any atom is 0.407 e. The van der Waals surface area contributed by atoms with Crippen LogP contribution in [0.4, 0.5) is 9.18 Å². The predicted molar refractivity (Wildman–Crippen MR) is 89.2 cm³/mol. The summed E-state index contributed by atoms with van der Waals surface area (Å²) in [5, 5.41) is 9.46. The number of rotatable bonds is 5. The average molecular weight is 329 g/mol. The molecule has 1 aliphatic rings. The smallest absolute Gasteiger partial charge is 0.407 e. The number of benzene rings is 2. The summed E-state index contributed by atoms with van der Waals surface area (Å²) in [5.41, 5.74) is 0.766. The molecule has 0 radical (unpaired) electrons. The number of nitrogens with zero attached hydrogens (tertiary/aromatic N) is 1. The zero-order valence-corrected chi connectivity index (χ0v) is 13.5. The lowest BCUT2D eigenvalue weighted by molar-refractivity contribution is -0.0767. The zero-order valence-electron chi connectivity index (χ0n) is 13.5. The van der Waals surface area contributed by atoms with Crippen LogP contribution >= 0.6 is 0 Å². The summed E-state index contributed by atoms with van der Waals surface area (Å²) < 4.78 is 19.8. The SMILES string of the molecule is COc1ccc(C[C@@]2(Cc3ccccc3)C(F)CN2C(=O)O)cc1. The average Bonchev–Trinajstić information content (AvgIpc) is 2.60. The molecule has 5 heteroatoms. The summed E-state index contributed by atoms with van der Waals surface area (Å²) >= 11 is 0. The highest BCUT2D eigenvalue weighted by molar-refractivity contribution is 5.68. The lowest BCUT2D eigenvalue weighted by atomic mass is 9.73. The summed E-state index contributed by atoms with van der Waals surface area (Å²) in [5.74, 6) is 0.719. The molecule has 0 aromatic heterocycles. The molecule has 1 N–H and O–H groups in total. The van der Waals surface area contributed by atoms with E-state index in [1.54, 1.807) is 7.11 Å². The Morgan fingerprint density at radius 1 is 1.17 bits per heavy atom. The van der Waals surface area contributed by atoms with Gasteiger partial charge < -0.3 is 9.84 Å². The van der Waals surface area contributed by atoms with E-state index in [9.17, 15) is 14.3 Å². The van der Waals surface area contributed by atoms with Crippen LogP contribution in [0.3, 0.4) is 0 Å². The van der Waals surface area contributed by atoms with E-state index in [-0.39, 0.29) is 6.54 Å². The Labute approximate surface area is 140 Å². The van der Waals surface area contributed by atoms with Gasteiger partial charge in [0.05, 0.1) is 19.2 Å². The van der Waals surface area contributed by atoms with Gasteiger partial charge in [0.25, 0.3) is 0 Å². The second-order valence-electron chi connectivity index (χ2n) is 6.15. The van der Waals surface area contributed by atoms with Crippen molar-refractivity contribution in [1.29, 1.82) is 0 Å². The fourth-order valence-corrected chi connectivity index (χ4v) is 3.36. The normalized spacial score (nSPS) is 22.8. The molecule has 1 aliphatic heterocycles. The van der Waals surface area contributed by atoms with Crippen molar-refractivity contribution < 1.29 is 19.0 Å².